The van der Waals surface area contributed by atoms with Crippen molar-refractivity contribution in [3.8, 4) is 5.69 Å². The second-order valence-corrected chi connectivity index (χ2v) is 6.03. The molecular weight excluding hydrogens is 280 g/mol. The number of rotatable bonds is 3. The molecule has 0 amide bonds. The zero-order chi connectivity index (χ0) is 15.9. The van der Waals surface area contributed by atoms with Crippen LogP contribution in [-0.2, 0) is 13.0 Å². The molecule has 0 spiro atoms. The van der Waals surface area contributed by atoms with Crippen molar-refractivity contribution in [3.63, 3.8) is 0 Å². The van der Waals surface area contributed by atoms with E-state index >= 15 is 0 Å². The number of hydrogen-bond donors (Lipinski definition) is 1. The molecule has 0 saturated heterocycles. The second-order valence-electron chi connectivity index (χ2n) is 6.03. The monoisotopic (exact) mass is 300 g/mol. The van der Waals surface area contributed by atoms with E-state index in [1.807, 2.05) is 11.6 Å². The topological polar surface area (TPSA) is 73.0 Å². The molecular formula is C16H20N4O2. The van der Waals surface area contributed by atoms with Crippen LogP contribution in [0.3, 0.4) is 0 Å². The van der Waals surface area contributed by atoms with Crippen LogP contribution in [0.5, 0.6) is 0 Å². The maximum absolute atomic E-state index is 11.1. The summed E-state index contributed by atoms with van der Waals surface area (Å²) in [6.07, 6.45) is 0.886. The first-order valence-corrected chi connectivity index (χ1v) is 7.56. The third kappa shape index (κ3) is 2.39. The zero-order valence-corrected chi connectivity index (χ0v) is 13.1. The quantitative estimate of drug-likeness (QED) is 0.699. The third-order valence-electron chi connectivity index (χ3n) is 4.14. The van der Waals surface area contributed by atoms with E-state index in [-0.39, 0.29) is 10.6 Å². The molecule has 0 saturated carbocycles. The Morgan fingerprint density at radius 1 is 1.41 bits per heavy atom. The van der Waals surface area contributed by atoms with Crippen LogP contribution >= 0.6 is 0 Å². The molecule has 0 atom stereocenters. The van der Waals surface area contributed by atoms with E-state index in [1.54, 1.807) is 18.2 Å². The van der Waals surface area contributed by atoms with Crippen molar-refractivity contribution >= 4 is 5.69 Å². The number of nitro groups is 1. The van der Waals surface area contributed by atoms with Crippen molar-refractivity contribution in [2.75, 3.05) is 6.54 Å². The summed E-state index contributed by atoms with van der Waals surface area (Å²) in [5.41, 5.74) is 5.39. The molecule has 2 heterocycles. The Bertz CT molecular complexity index is 734. The van der Waals surface area contributed by atoms with Crippen LogP contribution < -0.4 is 5.32 Å². The van der Waals surface area contributed by atoms with Crippen LogP contribution in [0, 0.1) is 17.0 Å². The summed E-state index contributed by atoms with van der Waals surface area (Å²) in [7, 11) is 0. The van der Waals surface area contributed by atoms with Gasteiger partial charge >= 0.3 is 0 Å². The minimum absolute atomic E-state index is 0.102. The summed E-state index contributed by atoms with van der Waals surface area (Å²) >= 11 is 0. The number of nitrogens with one attached hydrogen (secondary N) is 1. The molecule has 1 aromatic heterocycles. The van der Waals surface area contributed by atoms with E-state index in [2.05, 4.69) is 19.2 Å². The highest BCUT2D eigenvalue weighted by atomic mass is 16.6. The molecule has 0 aliphatic carbocycles. The van der Waals surface area contributed by atoms with Crippen molar-refractivity contribution in [2.45, 2.75) is 39.7 Å². The van der Waals surface area contributed by atoms with Crippen molar-refractivity contribution < 1.29 is 4.92 Å². The molecule has 2 aromatic rings. The minimum Gasteiger partial charge on any atom is -0.312 e. The van der Waals surface area contributed by atoms with Gasteiger partial charge in [0, 0.05) is 37.2 Å². The Hall–Kier alpha value is -2.21. The lowest BCUT2D eigenvalue weighted by Gasteiger charge is -2.17. The molecule has 1 aliphatic heterocycles. The predicted octanol–water partition coefficient (Wildman–Crippen LogP) is 2.86. The van der Waals surface area contributed by atoms with Gasteiger partial charge in [0.1, 0.15) is 0 Å². The Morgan fingerprint density at radius 2 is 2.18 bits per heavy atom. The number of hydrogen-bond acceptors (Lipinski definition) is 4. The molecule has 3 rings (SSSR count). The molecule has 0 unspecified atom stereocenters. The molecule has 1 aromatic carbocycles. The van der Waals surface area contributed by atoms with Crippen LogP contribution in [0.2, 0.25) is 0 Å². The van der Waals surface area contributed by atoms with Gasteiger partial charge in [0.15, 0.2) is 0 Å². The van der Waals surface area contributed by atoms with Crippen LogP contribution in [0.15, 0.2) is 18.2 Å². The maximum atomic E-state index is 11.1. The molecule has 1 aliphatic rings. The number of benzene rings is 1. The average Bonchev–Trinajstić information content (AvgIpc) is 2.87. The maximum Gasteiger partial charge on any atom is 0.271 e. The van der Waals surface area contributed by atoms with E-state index in [4.69, 9.17) is 5.10 Å². The Balaban J connectivity index is 2.20. The summed E-state index contributed by atoms with van der Waals surface area (Å²) in [5.74, 6) is 0.328. The number of aryl methyl sites for hydroxylation is 1. The fraction of sp³-hybridized carbons (Fsp3) is 0.438. The van der Waals surface area contributed by atoms with Crippen molar-refractivity contribution in [1.82, 2.24) is 15.1 Å². The summed E-state index contributed by atoms with van der Waals surface area (Å²) in [6, 6.07) is 4.95. The van der Waals surface area contributed by atoms with Gasteiger partial charge in [-0.2, -0.15) is 5.10 Å². The van der Waals surface area contributed by atoms with Gasteiger partial charge in [0.05, 0.1) is 22.0 Å². The van der Waals surface area contributed by atoms with Crippen LogP contribution in [0.4, 0.5) is 5.69 Å². The van der Waals surface area contributed by atoms with E-state index in [9.17, 15) is 10.1 Å². The fourth-order valence-corrected chi connectivity index (χ4v) is 2.98. The van der Waals surface area contributed by atoms with E-state index in [0.717, 1.165) is 36.5 Å². The van der Waals surface area contributed by atoms with Crippen molar-refractivity contribution in [1.29, 1.82) is 0 Å². The van der Waals surface area contributed by atoms with E-state index < -0.39 is 0 Å². The number of aromatic nitrogens is 2. The highest BCUT2D eigenvalue weighted by Gasteiger charge is 2.24. The summed E-state index contributed by atoms with van der Waals surface area (Å²) in [5, 5.41) is 19.2. The van der Waals surface area contributed by atoms with Gasteiger partial charge in [-0.25, -0.2) is 4.68 Å². The number of fused-ring (bicyclic) bond motifs is 1. The average molecular weight is 300 g/mol. The van der Waals surface area contributed by atoms with E-state index in [0.29, 0.717) is 5.92 Å². The van der Waals surface area contributed by atoms with Crippen molar-refractivity contribution in [3.05, 3.63) is 50.8 Å². The van der Waals surface area contributed by atoms with Crippen LogP contribution in [0.1, 0.15) is 42.3 Å². The zero-order valence-electron chi connectivity index (χ0n) is 13.1. The number of nitrogens with zero attached hydrogens (tertiary/aromatic N) is 3. The molecule has 0 radical (unpaired) electrons. The molecule has 22 heavy (non-hydrogen) atoms. The van der Waals surface area contributed by atoms with Gasteiger partial charge in [-0.1, -0.05) is 19.9 Å². The van der Waals surface area contributed by atoms with Gasteiger partial charge in [-0.05, 0) is 18.4 Å². The predicted molar refractivity (Wildman–Crippen MR) is 84.5 cm³/mol. The number of nitro benzene ring substituents is 1. The summed E-state index contributed by atoms with van der Waals surface area (Å²) < 4.78 is 1.91. The molecule has 0 fully saturated rings. The fourth-order valence-electron chi connectivity index (χ4n) is 2.98. The molecule has 6 heteroatoms. The van der Waals surface area contributed by atoms with Gasteiger partial charge < -0.3 is 5.32 Å². The van der Waals surface area contributed by atoms with Crippen LogP contribution in [0.25, 0.3) is 5.69 Å². The molecule has 6 nitrogen and oxygen atoms in total. The Morgan fingerprint density at radius 3 is 2.86 bits per heavy atom. The minimum atomic E-state index is -0.357. The first kappa shape index (κ1) is 14.7. The molecule has 116 valence electrons. The van der Waals surface area contributed by atoms with Crippen LogP contribution in [-0.4, -0.2) is 21.2 Å². The van der Waals surface area contributed by atoms with Gasteiger partial charge in [-0.15, -0.1) is 0 Å². The first-order valence-electron chi connectivity index (χ1n) is 7.56. The van der Waals surface area contributed by atoms with E-state index in [1.165, 1.54) is 11.3 Å². The lowest BCUT2D eigenvalue weighted by molar-refractivity contribution is -0.384. The van der Waals surface area contributed by atoms with Gasteiger partial charge in [-0.3, -0.25) is 10.1 Å². The summed E-state index contributed by atoms with van der Waals surface area (Å²) in [4.78, 5) is 10.7. The van der Waals surface area contributed by atoms with Gasteiger partial charge in [0.25, 0.3) is 5.69 Å². The molecule has 1 N–H and O–H groups in total. The Labute approximate surface area is 129 Å². The lowest BCUT2D eigenvalue weighted by Crippen LogP contribution is -2.25. The SMILES string of the molecule is Cc1ccc([N+](=O)[O-])cc1-n1nc(C(C)C)c2c1CCNC2. The smallest absolute Gasteiger partial charge is 0.271 e. The summed E-state index contributed by atoms with van der Waals surface area (Å²) in [6.45, 7) is 7.94. The number of non-ortho nitro benzene ring substituents is 1. The standard InChI is InChI=1S/C16H20N4O2/c1-10(2)16-13-9-17-7-6-14(13)19(18-16)15-8-12(20(21)22)5-4-11(15)3/h4-5,8,10,17H,6-7,9H2,1-3H3. The first-order chi connectivity index (χ1) is 10.5. The normalized spacial score (nSPS) is 14.2. The largest absolute Gasteiger partial charge is 0.312 e. The second kappa shape index (κ2) is 5.53. The van der Waals surface area contributed by atoms with Gasteiger partial charge in [0.2, 0.25) is 0 Å². The lowest BCUT2D eigenvalue weighted by atomic mass is 10.0. The molecule has 0 bridgehead atoms. The van der Waals surface area contributed by atoms with Crippen molar-refractivity contribution in [2.24, 2.45) is 0 Å². The highest BCUT2D eigenvalue weighted by Crippen LogP contribution is 2.29. The third-order valence-corrected chi connectivity index (χ3v) is 4.14. The Kier molecular flexibility index (Phi) is 3.70. The highest BCUT2D eigenvalue weighted by molar-refractivity contribution is 5.50.